The van der Waals surface area contributed by atoms with Crippen LogP contribution in [0, 0.1) is 5.92 Å². The fraction of sp³-hybridized carbons (Fsp3) is 0.938. The van der Waals surface area contributed by atoms with Gasteiger partial charge in [0.05, 0.1) is 12.7 Å². The molecular weight excluding hydrogens is 266 g/mol. The number of likely N-dealkylation sites (N-methyl/N-ethyl adjacent to an activating group) is 1. The van der Waals surface area contributed by atoms with Gasteiger partial charge < -0.3 is 20.3 Å². The maximum absolute atomic E-state index is 11.9. The van der Waals surface area contributed by atoms with Gasteiger partial charge in [0.25, 0.3) is 0 Å². The Balaban J connectivity index is 2.14. The molecule has 0 saturated carbocycles. The number of rotatable bonds is 9. The lowest BCUT2D eigenvalue weighted by Crippen LogP contribution is -2.41. The minimum absolute atomic E-state index is 0.0968. The number of carbonyl (C=O) groups excluding carboxylic acids is 1. The normalized spacial score (nSPS) is 18.2. The average molecular weight is 299 g/mol. The van der Waals surface area contributed by atoms with Crippen LogP contribution in [0.15, 0.2) is 0 Å². The van der Waals surface area contributed by atoms with Crippen LogP contribution in [-0.2, 0) is 9.53 Å². The first kappa shape index (κ1) is 18.4. The standard InChI is InChI=1S/C16H33N3O2/c1-13(2)11-14(19(3)4)12-18-16(20)7-10-21-15-5-8-17-9-6-15/h13-15,17H,5-12H2,1-4H3,(H,18,20). The molecule has 124 valence electrons. The first-order chi connectivity index (χ1) is 9.99. The molecule has 1 saturated heterocycles. The molecule has 1 rings (SSSR count). The summed E-state index contributed by atoms with van der Waals surface area (Å²) in [5.41, 5.74) is 0. The Hall–Kier alpha value is -0.650. The molecule has 2 N–H and O–H groups in total. The monoisotopic (exact) mass is 299 g/mol. The number of hydrogen-bond donors (Lipinski definition) is 2. The summed E-state index contributed by atoms with van der Waals surface area (Å²) in [6, 6.07) is 0.402. The Morgan fingerprint density at radius 3 is 2.57 bits per heavy atom. The van der Waals surface area contributed by atoms with E-state index in [0.717, 1.165) is 38.9 Å². The van der Waals surface area contributed by atoms with Gasteiger partial charge in [0.15, 0.2) is 0 Å². The highest BCUT2D eigenvalue weighted by Crippen LogP contribution is 2.09. The second-order valence-corrected chi connectivity index (χ2v) is 6.62. The van der Waals surface area contributed by atoms with Gasteiger partial charge in [-0.05, 0) is 52.4 Å². The van der Waals surface area contributed by atoms with Crippen LogP contribution in [0.1, 0.15) is 39.5 Å². The molecule has 1 atom stereocenters. The van der Waals surface area contributed by atoms with Crippen molar-refractivity contribution in [1.29, 1.82) is 0 Å². The fourth-order valence-corrected chi connectivity index (χ4v) is 2.62. The highest BCUT2D eigenvalue weighted by atomic mass is 16.5. The minimum atomic E-state index is 0.0968. The van der Waals surface area contributed by atoms with Crippen LogP contribution in [-0.4, -0.2) is 63.3 Å². The van der Waals surface area contributed by atoms with E-state index < -0.39 is 0 Å². The van der Waals surface area contributed by atoms with Crippen LogP contribution in [0.5, 0.6) is 0 Å². The van der Waals surface area contributed by atoms with Crippen LogP contribution in [0.25, 0.3) is 0 Å². The van der Waals surface area contributed by atoms with Crippen LogP contribution >= 0.6 is 0 Å². The van der Waals surface area contributed by atoms with Crippen LogP contribution in [0.4, 0.5) is 0 Å². The molecule has 1 aliphatic rings. The average Bonchev–Trinajstić information content (AvgIpc) is 2.44. The van der Waals surface area contributed by atoms with E-state index in [4.69, 9.17) is 4.74 Å². The molecule has 0 bridgehead atoms. The molecule has 21 heavy (non-hydrogen) atoms. The lowest BCUT2D eigenvalue weighted by atomic mass is 10.0. The third-order valence-corrected chi connectivity index (χ3v) is 3.98. The topological polar surface area (TPSA) is 53.6 Å². The number of ether oxygens (including phenoxy) is 1. The minimum Gasteiger partial charge on any atom is -0.378 e. The van der Waals surface area contributed by atoms with Crippen molar-refractivity contribution in [2.24, 2.45) is 5.92 Å². The number of nitrogens with zero attached hydrogens (tertiary/aromatic N) is 1. The molecule has 0 aromatic rings. The largest absolute Gasteiger partial charge is 0.378 e. The van der Waals surface area contributed by atoms with Gasteiger partial charge in [-0.15, -0.1) is 0 Å². The summed E-state index contributed by atoms with van der Waals surface area (Å²) in [5, 5.41) is 6.34. The molecular formula is C16H33N3O2. The van der Waals surface area contributed by atoms with Crippen LogP contribution < -0.4 is 10.6 Å². The fourth-order valence-electron chi connectivity index (χ4n) is 2.62. The smallest absolute Gasteiger partial charge is 0.222 e. The second kappa shape index (κ2) is 10.1. The molecule has 1 unspecified atom stereocenters. The number of piperidine rings is 1. The summed E-state index contributed by atoms with van der Waals surface area (Å²) in [5.74, 6) is 0.733. The lowest BCUT2D eigenvalue weighted by Gasteiger charge is -2.26. The molecule has 0 aromatic carbocycles. The van der Waals surface area contributed by atoms with Gasteiger partial charge in [-0.2, -0.15) is 0 Å². The van der Waals surface area contributed by atoms with E-state index in [0.29, 0.717) is 31.1 Å². The maximum Gasteiger partial charge on any atom is 0.222 e. The zero-order valence-corrected chi connectivity index (χ0v) is 14.2. The van der Waals surface area contributed by atoms with E-state index in [1.54, 1.807) is 0 Å². The van der Waals surface area contributed by atoms with Gasteiger partial charge in [0.1, 0.15) is 0 Å². The predicted molar refractivity (Wildman–Crippen MR) is 86.4 cm³/mol. The summed E-state index contributed by atoms with van der Waals surface area (Å²) in [7, 11) is 4.14. The SMILES string of the molecule is CC(C)CC(CNC(=O)CCOC1CCNCC1)N(C)C. The highest BCUT2D eigenvalue weighted by molar-refractivity contribution is 5.75. The van der Waals surface area contributed by atoms with E-state index in [1.165, 1.54) is 0 Å². The molecule has 0 aromatic heterocycles. The summed E-state index contributed by atoms with van der Waals surface area (Å²) in [6.07, 6.45) is 4.00. The zero-order chi connectivity index (χ0) is 15.7. The number of amides is 1. The molecule has 5 heteroatoms. The van der Waals surface area contributed by atoms with Gasteiger partial charge in [-0.25, -0.2) is 0 Å². The Morgan fingerprint density at radius 1 is 1.33 bits per heavy atom. The van der Waals surface area contributed by atoms with Crippen molar-refractivity contribution in [3.8, 4) is 0 Å². The molecule has 1 heterocycles. The molecule has 0 aliphatic carbocycles. The Bertz CT molecular complexity index is 289. The van der Waals surface area contributed by atoms with Crippen molar-refractivity contribution in [2.45, 2.75) is 51.7 Å². The highest BCUT2D eigenvalue weighted by Gasteiger charge is 2.16. The van der Waals surface area contributed by atoms with E-state index in [2.05, 4.69) is 43.5 Å². The molecule has 1 fully saturated rings. The summed E-state index contributed by atoms with van der Waals surface area (Å²) in [4.78, 5) is 14.1. The van der Waals surface area contributed by atoms with Crippen molar-refractivity contribution in [2.75, 3.05) is 40.3 Å². The van der Waals surface area contributed by atoms with E-state index >= 15 is 0 Å². The first-order valence-electron chi connectivity index (χ1n) is 8.24. The van der Waals surface area contributed by atoms with Gasteiger partial charge >= 0.3 is 0 Å². The Morgan fingerprint density at radius 2 is 2.00 bits per heavy atom. The van der Waals surface area contributed by atoms with E-state index in [9.17, 15) is 4.79 Å². The van der Waals surface area contributed by atoms with E-state index in [-0.39, 0.29) is 5.91 Å². The van der Waals surface area contributed by atoms with Gasteiger partial charge in [0.2, 0.25) is 5.91 Å². The van der Waals surface area contributed by atoms with Crippen molar-refractivity contribution in [3.05, 3.63) is 0 Å². The summed E-state index contributed by atoms with van der Waals surface area (Å²) in [6.45, 7) is 7.73. The Kier molecular flexibility index (Phi) is 8.88. The Labute approximate surface area is 129 Å². The number of nitrogens with one attached hydrogen (secondary N) is 2. The molecule has 5 nitrogen and oxygen atoms in total. The second-order valence-electron chi connectivity index (χ2n) is 6.62. The molecule has 0 spiro atoms. The van der Waals surface area contributed by atoms with Crippen molar-refractivity contribution < 1.29 is 9.53 Å². The van der Waals surface area contributed by atoms with Gasteiger partial charge in [-0.1, -0.05) is 13.8 Å². The van der Waals surface area contributed by atoms with Crippen molar-refractivity contribution >= 4 is 5.91 Å². The third-order valence-electron chi connectivity index (χ3n) is 3.98. The van der Waals surface area contributed by atoms with Crippen molar-refractivity contribution in [1.82, 2.24) is 15.5 Å². The van der Waals surface area contributed by atoms with Gasteiger partial charge in [-0.3, -0.25) is 4.79 Å². The van der Waals surface area contributed by atoms with E-state index in [1.807, 2.05) is 0 Å². The summed E-state index contributed by atoms with van der Waals surface area (Å²) < 4.78 is 5.76. The number of carbonyl (C=O) groups is 1. The quantitative estimate of drug-likeness (QED) is 0.672. The maximum atomic E-state index is 11.9. The predicted octanol–water partition coefficient (Wildman–Crippen LogP) is 1.24. The molecule has 1 aliphatic heterocycles. The lowest BCUT2D eigenvalue weighted by molar-refractivity contribution is -0.123. The first-order valence-corrected chi connectivity index (χ1v) is 8.24. The number of hydrogen-bond acceptors (Lipinski definition) is 4. The van der Waals surface area contributed by atoms with Crippen molar-refractivity contribution in [3.63, 3.8) is 0 Å². The zero-order valence-electron chi connectivity index (χ0n) is 14.2. The van der Waals surface area contributed by atoms with Gasteiger partial charge in [0, 0.05) is 19.0 Å². The third kappa shape index (κ3) is 8.39. The molecule has 0 radical (unpaired) electrons. The summed E-state index contributed by atoms with van der Waals surface area (Å²) >= 11 is 0. The van der Waals surface area contributed by atoms with Crippen LogP contribution in [0.2, 0.25) is 0 Å². The van der Waals surface area contributed by atoms with Crippen LogP contribution in [0.3, 0.4) is 0 Å². The molecule has 1 amide bonds.